The number of amides is 2. The van der Waals surface area contributed by atoms with Gasteiger partial charge in [-0.2, -0.15) is 0 Å². The van der Waals surface area contributed by atoms with Gasteiger partial charge in [-0.05, 0) is 61.4 Å². The third-order valence-corrected chi connectivity index (χ3v) is 6.82. The molecule has 0 saturated heterocycles. The quantitative estimate of drug-likeness (QED) is 0.215. The fraction of sp³-hybridized carbons (Fsp3) is 0.129. The van der Waals surface area contributed by atoms with E-state index in [1.165, 1.54) is 4.57 Å². The van der Waals surface area contributed by atoms with Crippen LogP contribution >= 0.6 is 0 Å². The molecule has 0 aliphatic heterocycles. The molecule has 1 fully saturated rings. The molecule has 0 bridgehead atoms. The van der Waals surface area contributed by atoms with E-state index in [0.717, 1.165) is 29.7 Å². The highest BCUT2D eigenvalue weighted by Gasteiger charge is 2.25. The summed E-state index contributed by atoms with van der Waals surface area (Å²) in [6.07, 6.45) is 4.03. The third kappa shape index (κ3) is 4.92. The lowest BCUT2D eigenvalue weighted by Gasteiger charge is -2.12. The summed E-state index contributed by atoms with van der Waals surface area (Å²) in [5.74, 6) is 0.0120. The molecule has 0 unspecified atom stereocenters. The van der Waals surface area contributed by atoms with E-state index >= 15 is 0 Å². The lowest BCUT2D eigenvalue weighted by atomic mass is 10.0. The molecule has 1 aliphatic rings. The average Bonchev–Trinajstić information content (AvgIpc) is 3.66. The number of pyridine rings is 1. The molecule has 9 nitrogen and oxygen atoms in total. The number of nitrogen functional groups attached to an aromatic ring is 1. The van der Waals surface area contributed by atoms with E-state index in [2.05, 4.69) is 15.6 Å². The number of hydrogen-bond acceptors (Lipinski definition) is 5. The van der Waals surface area contributed by atoms with Crippen molar-refractivity contribution >= 4 is 39.8 Å². The molecule has 2 amide bonds. The summed E-state index contributed by atoms with van der Waals surface area (Å²) in [6, 6.07) is 22.9. The summed E-state index contributed by atoms with van der Waals surface area (Å²) in [7, 11) is 1.68. The molecule has 2 heterocycles. The van der Waals surface area contributed by atoms with Gasteiger partial charge in [-0.25, -0.2) is 0 Å². The molecule has 5 aromatic rings. The van der Waals surface area contributed by atoms with Crippen molar-refractivity contribution in [2.24, 2.45) is 7.05 Å². The van der Waals surface area contributed by atoms with Gasteiger partial charge in [-0.3, -0.25) is 14.4 Å². The summed E-state index contributed by atoms with van der Waals surface area (Å²) in [4.78, 5) is 41.8. The molecule has 40 heavy (non-hydrogen) atoms. The highest BCUT2D eigenvalue weighted by molar-refractivity contribution is 6.09. The molecule has 6 rings (SSSR count). The van der Waals surface area contributed by atoms with Gasteiger partial charge in [0.15, 0.2) is 0 Å². The highest BCUT2D eigenvalue weighted by atomic mass is 16.5. The largest absolute Gasteiger partial charge is 0.490 e. The van der Waals surface area contributed by atoms with Crippen molar-refractivity contribution < 1.29 is 14.3 Å². The lowest BCUT2D eigenvalue weighted by molar-refractivity contribution is 0.101. The van der Waals surface area contributed by atoms with E-state index in [1.807, 2.05) is 24.3 Å². The summed E-state index contributed by atoms with van der Waals surface area (Å²) in [5, 5.41) is 6.24. The van der Waals surface area contributed by atoms with Gasteiger partial charge in [0.25, 0.3) is 17.4 Å². The Bertz CT molecular complexity index is 1820. The number of benzene rings is 3. The number of fused-ring (bicyclic) bond motifs is 1. The zero-order valence-electron chi connectivity index (χ0n) is 21.7. The molecule has 0 atom stereocenters. The number of ether oxygens (including phenoxy) is 1. The minimum absolute atomic E-state index is 0.214. The number of aryl methyl sites for hydroxylation is 1. The van der Waals surface area contributed by atoms with Crippen molar-refractivity contribution in [1.82, 2.24) is 9.55 Å². The Morgan fingerprint density at radius 3 is 2.40 bits per heavy atom. The topological polar surface area (TPSA) is 131 Å². The first-order valence-electron chi connectivity index (χ1n) is 12.9. The van der Waals surface area contributed by atoms with Crippen LogP contribution in [0.5, 0.6) is 5.75 Å². The average molecular weight is 534 g/mol. The Balaban J connectivity index is 1.25. The minimum Gasteiger partial charge on any atom is -0.490 e. The number of hydrogen-bond donors (Lipinski definition) is 4. The zero-order chi connectivity index (χ0) is 27.8. The number of H-pyrrole nitrogens is 1. The van der Waals surface area contributed by atoms with Crippen molar-refractivity contribution in [3.05, 3.63) is 107 Å². The van der Waals surface area contributed by atoms with Crippen molar-refractivity contribution in [2.75, 3.05) is 16.4 Å². The lowest BCUT2D eigenvalue weighted by Crippen LogP contribution is -2.17. The normalized spacial score (nSPS) is 12.7. The highest BCUT2D eigenvalue weighted by Crippen LogP contribution is 2.37. The smallest absolute Gasteiger partial charge is 0.274 e. The van der Waals surface area contributed by atoms with Gasteiger partial charge in [-0.15, -0.1) is 0 Å². The Morgan fingerprint density at radius 1 is 0.925 bits per heavy atom. The van der Waals surface area contributed by atoms with Gasteiger partial charge < -0.3 is 30.7 Å². The Hall–Kier alpha value is -5.31. The minimum atomic E-state index is -0.416. The molecule has 0 spiro atoms. The van der Waals surface area contributed by atoms with Gasteiger partial charge in [-0.1, -0.05) is 30.3 Å². The van der Waals surface area contributed by atoms with Crippen LogP contribution in [0.1, 0.15) is 33.7 Å². The second-order valence-electron chi connectivity index (χ2n) is 9.82. The number of para-hydroxylation sites is 3. The number of nitrogens with one attached hydrogen (secondary N) is 3. The van der Waals surface area contributed by atoms with Crippen LogP contribution in [0.15, 0.2) is 89.9 Å². The Morgan fingerprint density at radius 2 is 1.65 bits per heavy atom. The number of aromatic amines is 1. The van der Waals surface area contributed by atoms with Crippen LogP contribution in [0.3, 0.4) is 0 Å². The number of carbonyl (C=O) groups excluding carboxylic acids is 2. The van der Waals surface area contributed by atoms with Crippen LogP contribution in [0.2, 0.25) is 0 Å². The van der Waals surface area contributed by atoms with Crippen molar-refractivity contribution in [3.63, 3.8) is 0 Å². The first-order chi connectivity index (χ1) is 19.4. The number of rotatable bonds is 7. The Kier molecular flexibility index (Phi) is 6.31. The maximum Gasteiger partial charge on any atom is 0.274 e. The number of anilines is 3. The predicted molar refractivity (Wildman–Crippen MR) is 156 cm³/mol. The molecule has 2 aromatic heterocycles. The second kappa shape index (κ2) is 10.1. The predicted octanol–water partition coefficient (Wildman–Crippen LogP) is 5.16. The van der Waals surface area contributed by atoms with Crippen LogP contribution in [0.4, 0.5) is 17.1 Å². The molecular weight excluding hydrogens is 506 g/mol. The Labute approximate surface area is 229 Å². The zero-order valence-corrected chi connectivity index (χ0v) is 21.7. The van der Waals surface area contributed by atoms with Crippen molar-refractivity contribution in [2.45, 2.75) is 18.9 Å². The van der Waals surface area contributed by atoms with Crippen LogP contribution in [0.25, 0.3) is 22.0 Å². The van der Waals surface area contributed by atoms with E-state index in [1.54, 1.807) is 67.8 Å². The van der Waals surface area contributed by atoms with Crippen molar-refractivity contribution in [3.8, 4) is 16.9 Å². The van der Waals surface area contributed by atoms with Gasteiger partial charge in [0.05, 0.1) is 17.5 Å². The molecule has 200 valence electrons. The van der Waals surface area contributed by atoms with Gasteiger partial charge in [0, 0.05) is 41.0 Å². The van der Waals surface area contributed by atoms with Crippen LogP contribution in [-0.4, -0.2) is 27.5 Å². The molecule has 0 radical (unpaired) electrons. The summed E-state index contributed by atoms with van der Waals surface area (Å²) >= 11 is 0. The first kappa shape index (κ1) is 25.0. The standard InChI is InChI=1S/C31H27N5O4/c1-36-17-23(21-6-2-5-9-27(21)40-20-14-15-20)22-16-26(34-28(22)31(36)39)30(38)33-19-12-10-18(11-13-19)29(37)35-25-8-4-3-7-24(25)32/h2-13,16-17,20,34H,14-15,32H2,1H3,(H,33,38)(H,35,37). The van der Waals surface area contributed by atoms with E-state index in [-0.39, 0.29) is 23.3 Å². The summed E-state index contributed by atoms with van der Waals surface area (Å²) in [5.41, 5.74) is 9.77. The fourth-order valence-electron chi connectivity index (χ4n) is 4.54. The molecule has 1 aliphatic carbocycles. The van der Waals surface area contributed by atoms with Crippen LogP contribution < -0.4 is 26.7 Å². The van der Waals surface area contributed by atoms with Gasteiger partial charge >= 0.3 is 0 Å². The van der Waals surface area contributed by atoms with Crippen LogP contribution in [-0.2, 0) is 7.05 Å². The molecule has 1 saturated carbocycles. The number of nitrogens with two attached hydrogens (primary N) is 1. The second-order valence-corrected chi connectivity index (χ2v) is 9.82. The molecule has 5 N–H and O–H groups in total. The van der Waals surface area contributed by atoms with E-state index in [0.29, 0.717) is 33.5 Å². The number of aromatic nitrogens is 2. The van der Waals surface area contributed by atoms with E-state index < -0.39 is 5.91 Å². The van der Waals surface area contributed by atoms with Gasteiger partial charge in [0.2, 0.25) is 0 Å². The summed E-state index contributed by atoms with van der Waals surface area (Å²) in [6.45, 7) is 0. The molecular formula is C31H27N5O4. The van der Waals surface area contributed by atoms with Crippen LogP contribution in [0, 0.1) is 0 Å². The van der Waals surface area contributed by atoms with E-state index in [4.69, 9.17) is 10.5 Å². The number of carbonyl (C=O) groups is 2. The maximum absolute atomic E-state index is 13.2. The first-order valence-corrected chi connectivity index (χ1v) is 12.9. The SMILES string of the molecule is Cn1cc(-c2ccccc2OC2CC2)c2cc(C(=O)Nc3ccc(C(=O)Nc4ccccc4N)cc3)[nH]c2c1=O. The molecule has 3 aromatic carbocycles. The fourth-order valence-corrected chi connectivity index (χ4v) is 4.54. The number of nitrogens with zero attached hydrogens (tertiary/aromatic N) is 1. The van der Waals surface area contributed by atoms with Gasteiger partial charge in [0.1, 0.15) is 17.0 Å². The maximum atomic E-state index is 13.2. The third-order valence-electron chi connectivity index (χ3n) is 6.82. The summed E-state index contributed by atoms with van der Waals surface area (Å²) < 4.78 is 7.61. The van der Waals surface area contributed by atoms with E-state index in [9.17, 15) is 14.4 Å². The monoisotopic (exact) mass is 533 g/mol. The molecule has 9 heteroatoms. The van der Waals surface area contributed by atoms with Crippen molar-refractivity contribution in [1.29, 1.82) is 0 Å².